The van der Waals surface area contributed by atoms with Crippen LogP contribution in [-0.2, 0) is 19.1 Å². The maximum Gasteiger partial charge on any atom is 0.331 e. The SMILES string of the molecule is COc1ccc(NC(C)=O)cc1NC(=O)COC(=O)/C=C/c1cc(Cl)c(OC)c(OC)c1. The molecule has 32 heavy (non-hydrogen) atoms. The maximum absolute atomic E-state index is 12.2. The molecule has 0 fully saturated rings. The average Bonchev–Trinajstić information content (AvgIpc) is 2.75. The Morgan fingerprint density at radius 1 is 0.969 bits per heavy atom. The van der Waals surface area contributed by atoms with Gasteiger partial charge in [0.25, 0.3) is 5.91 Å². The van der Waals surface area contributed by atoms with Crippen molar-refractivity contribution in [1.82, 2.24) is 0 Å². The van der Waals surface area contributed by atoms with Gasteiger partial charge in [-0.05, 0) is 42.0 Å². The molecule has 2 aromatic rings. The molecule has 0 spiro atoms. The number of rotatable bonds is 9. The molecule has 0 aliphatic rings. The van der Waals surface area contributed by atoms with Gasteiger partial charge < -0.3 is 29.6 Å². The van der Waals surface area contributed by atoms with Crippen LogP contribution in [0.25, 0.3) is 6.08 Å². The lowest BCUT2D eigenvalue weighted by atomic mass is 10.2. The van der Waals surface area contributed by atoms with E-state index in [2.05, 4.69) is 10.6 Å². The highest BCUT2D eigenvalue weighted by atomic mass is 35.5. The summed E-state index contributed by atoms with van der Waals surface area (Å²) in [5.74, 6) is -0.413. The van der Waals surface area contributed by atoms with Crippen LogP contribution in [0.4, 0.5) is 11.4 Å². The Labute approximate surface area is 190 Å². The van der Waals surface area contributed by atoms with Crippen molar-refractivity contribution in [3.63, 3.8) is 0 Å². The third kappa shape index (κ3) is 6.92. The zero-order chi connectivity index (χ0) is 23.7. The lowest BCUT2D eigenvalue weighted by Gasteiger charge is -2.12. The second-order valence-electron chi connectivity index (χ2n) is 6.32. The molecule has 9 nitrogen and oxygen atoms in total. The first-order chi connectivity index (χ1) is 15.3. The molecule has 0 heterocycles. The van der Waals surface area contributed by atoms with Gasteiger partial charge in [-0.3, -0.25) is 9.59 Å². The van der Waals surface area contributed by atoms with E-state index >= 15 is 0 Å². The molecule has 2 amide bonds. The Morgan fingerprint density at radius 3 is 2.31 bits per heavy atom. The van der Waals surface area contributed by atoms with Crippen LogP contribution in [0.3, 0.4) is 0 Å². The second kappa shape index (κ2) is 11.6. The van der Waals surface area contributed by atoms with Crippen LogP contribution in [0.15, 0.2) is 36.4 Å². The lowest BCUT2D eigenvalue weighted by molar-refractivity contribution is -0.142. The number of methoxy groups -OCH3 is 3. The number of hydrogen-bond donors (Lipinski definition) is 2. The number of carbonyl (C=O) groups excluding carboxylic acids is 3. The van der Waals surface area contributed by atoms with Gasteiger partial charge in [0, 0.05) is 18.7 Å². The number of anilines is 2. The number of ether oxygens (including phenoxy) is 4. The van der Waals surface area contributed by atoms with Gasteiger partial charge in [-0.25, -0.2) is 4.79 Å². The summed E-state index contributed by atoms with van der Waals surface area (Å²) in [5, 5.41) is 5.49. The van der Waals surface area contributed by atoms with Crippen LogP contribution < -0.4 is 24.8 Å². The van der Waals surface area contributed by atoms with Gasteiger partial charge in [0.15, 0.2) is 18.1 Å². The standard InChI is InChI=1S/C22H23ClN2O7/c1-13(26)24-15-6-7-18(29-2)17(11-15)25-20(27)12-32-21(28)8-5-14-9-16(23)22(31-4)19(10-14)30-3/h5-11H,12H2,1-4H3,(H,24,26)(H,25,27)/b8-5+. The average molecular weight is 463 g/mol. The van der Waals surface area contributed by atoms with Gasteiger partial charge in [-0.1, -0.05) is 11.6 Å². The fraction of sp³-hybridized carbons (Fsp3) is 0.227. The molecule has 2 N–H and O–H groups in total. The molecule has 2 aromatic carbocycles. The van der Waals surface area contributed by atoms with Gasteiger partial charge >= 0.3 is 5.97 Å². The topological polar surface area (TPSA) is 112 Å². The Hall–Kier alpha value is -3.72. The number of amides is 2. The summed E-state index contributed by atoms with van der Waals surface area (Å²) < 4.78 is 20.5. The largest absolute Gasteiger partial charge is 0.495 e. The molecule has 0 unspecified atom stereocenters. The first kappa shape index (κ1) is 24.5. The number of carbonyl (C=O) groups is 3. The molecule has 0 atom stereocenters. The number of esters is 1. The van der Waals surface area contributed by atoms with E-state index < -0.39 is 18.5 Å². The molecule has 0 radical (unpaired) electrons. The fourth-order valence-corrected chi connectivity index (χ4v) is 2.95. The van der Waals surface area contributed by atoms with Gasteiger partial charge in [0.2, 0.25) is 5.91 Å². The van der Waals surface area contributed by atoms with E-state index in [1.807, 2.05) is 0 Å². The number of hydrogen-bond acceptors (Lipinski definition) is 7. The number of benzene rings is 2. The highest BCUT2D eigenvalue weighted by molar-refractivity contribution is 6.32. The molecular weight excluding hydrogens is 440 g/mol. The molecular formula is C22H23ClN2O7. The van der Waals surface area contributed by atoms with Crippen molar-refractivity contribution in [3.8, 4) is 17.2 Å². The molecule has 0 aromatic heterocycles. The summed E-state index contributed by atoms with van der Waals surface area (Å²) in [6.45, 7) is 0.842. The van der Waals surface area contributed by atoms with Gasteiger partial charge in [-0.15, -0.1) is 0 Å². The van der Waals surface area contributed by atoms with Crippen LogP contribution in [-0.4, -0.2) is 45.7 Å². The molecule has 10 heteroatoms. The van der Waals surface area contributed by atoms with Crippen LogP contribution in [0, 0.1) is 0 Å². The van der Waals surface area contributed by atoms with Crippen molar-refractivity contribution < 1.29 is 33.3 Å². The summed E-state index contributed by atoms with van der Waals surface area (Å²) >= 11 is 6.13. The summed E-state index contributed by atoms with van der Waals surface area (Å²) in [6, 6.07) is 7.97. The zero-order valence-corrected chi connectivity index (χ0v) is 18.7. The highest BCUT2D eigenvalue weighted by Gasteiger charge is 2.12. The van der Waals surface area contributed by atoms with Crippen LogP contribution in [0.2, 0.25) is 5.02 Å². The van der Waals surface area contributed by atoms with Crippen molar-refractivity contribution in [1.29, 1.82) is 0 Å². The van der Waals surface area contributed by atoms with Crippen molar-refractivity contribution in [2.24, 2.45) is 0 Å². The van der Waals surface area contributed by atoms with E-state index in [9.17, 15) is 14.4 Å². The lowest BCUT2D eigenvalue weighted by Crippen LogP contribution is -2.20. The van der Waals surface area contributed by atoms with Gasteiger partial charge in [-0.2, -0.15) is 0 Å². The molecule has 0 bridgehead atoms. The summed E-state index contributed by atoms with van der Waals surface area (Å²) in [6.07, 6.45) is 2.62. The monoisotopic (exact) mass is 462 g/mol. The number of halogens is 1. The summed E-state index contributed by atoms with van der Waals surface area (Å²) in [7, 11) is 4.37. The van der Waals surface area contributed by atoms with Crippen molar-refractivity contribution in [2.45, 2.75) is 6.92 Å². The van der Waals surface area contributed by atoms with Crippen molar-refractivity contribution >= 4 is 46.8 Å². The highest BCUT2D eigenvalue weighted by Crippen LogP contribution is 2.36. The van der Waals surface area contributed by atoms with Crippen LogP contribution in [0.1, 0.15) is 12.5 Å². The van der Waals surface area contributed by atoms with Crippen LogP contribution in [0.5, 0.6) is 17.2 Å². The fourth-order valence-electron chi connectivity index (χ4n) is 2.66. The zero-order valence-electron chi connectivity index (χ0n) is 18.0. The first-order valence-electron chi connectivity index (χ1n) is 9.29. The molecule has 0 saturated heterocycles. The van der Waals surface area contributed by atoms with Crippen molar-refractivity contribution in [2.75, 3.05) is 38.6 Å². The minimum atomic E-state index is -0.731. The second-order valence-corrected chi connectivity index (χ2v) is 6.73. The van der Waals surface area contributed by atoms with Crippen LogP contribution >= 0.6 is 11.6 Å². The van der Waals surface area contributed by atoms with Crippen molar-refractivity contribution in [3.05, 3.63) is 47.0 Å². The number of nitrogens with one attached hydrogen (secondary N) is 2. The van der Waals surface area contributed by atoms with E-state index in [1.165, 1.54) is 40.4 Å². The quantitative estimate of drug-likeness (QED) is 0.433. The minimum absolute atomic E-state index is 0.260. The maximum atomic E-state index is 12.2. The molecule has 0 saturated carbocycles. The summed E-state index contributed by atoms with van der Waals surface area (Å²) in [4.78, 5) is 35.4. The molecule has 170 valence electrons. The Balaban J connectivity index is 1.98. The third-order valence-corrected chi connectivity index (χ3v) is 4.29. The first-order valence-corrected chi connectivity index (χ1v) is 9.67. The van der Waals surface area contributed by atoms with Gasteiger partial charge in [0.05, 0.1) is 32.0 Å². The minimum Gasteiger partial charge on any atom is -0.495 e. The van der Waals surface area contributed by atoms with E-state index in [0.717, 1.165) is 6.08 Å². The Kier molecular flexibility index (Phi) is 8.91. The predicted molar refractivity (Wildman–Crippen MR) is 120 cm³/mol. The molecule has 0 aliphatic heterocycles. The normalized spacial score (nSPS) is 10.4. The Morgan fingerprint density at radius 2 is 1.69 bits per heavy atom. The van der Waals surface area contributed by atoms with E-state index in [0.29, 0.717) is 39.2 Å². The van der Waals surface area contributed by atoms with E-state index in [-0.39, 0.29) is 5.91 Å². The third-order valence-electron chi connectivity index (χ3n) is 4.01. The molecule has 0 aliphatic carbocycles. The summed E-state index contributed by atoms with van der Waals surface area (Å²) in [5.41, 5.74) is 1.37. The van der Waals surface area contributed by atoms with E-state index in [1.54, 1.807) is 24.3 Å². The van der Waals surface area contributed by atoms with Gasteiger partial charge in [0.1, 0.15) is 5.75 Å². The van der Waals surface area contributed by atoms with E-state index in [4.69, 9.17) is 30.5 Å². The molecule has 2 rings (SSSR count). The predicted octanol–water partition coefficient (Wildman–Crippen LogP) is 3.52. The Bertz CT molecular complexity index is 1040. The smallest absolute Gasteiger partial charge is 0.331 e.